The normalized spacial score (nSPS) is 9.86. The first-order chi connectivity index (χ1) is 12.9. The maximum absolute atomic E-state index is 2.21. The monoisotopic (exact) mass is 376 g/mol. The second kappa shape index (κ2) is 10.1. The van der Waals surface area contributed by atoms with Gasteiger partial charge in [0.1, 0.15) is 0 Å². The molecule has 2 heterocycles. The zero-order valence-corrected chi connectivity index (χ0v) is 15.5. The third kappa shape index (κ3) is 5.30. The Hall–Kier alpha value is -3.40. The van der Waals surface area contributed by atoms with E-state index < -0.39 is 0 Å². The summed E-state index contributed by atoms with van der Waals surface area (Å²) >= 11 is 0. The molecule has 0 atom stereocenters. The van der Waals surface area contributed by atoms with E-state index in [0.29, 0.717) is 0 Å². The highest BCUT2D eigenvalue weighted by Crippen LogP contribution is 2.15. The van der Waals surface area contributed by atoms with Gasteiger partial charge in [-0.1, -0.05) is 60.7 Å². The van der Waals surface area contributed by atoms with Crippen LogP contribution < -0.4 is 18.5 Å². The van der Waals surface area contributed by atoms with E-state index in [2.05, 4.69) is 119 Å². The van der Waals surface area contributed by atoms with Crippen LogP contribution in [0.15, 0.2) is 110 Å². The maximum Gasteiger partial charge on any atom is 0.173 e. The summed E-state index contributed by atoms with van der Waals surface area (Å²) in [7, 11) is 0. The van der Waals surface area contributed by atoms with Gasteiger partial charge in [-0.25, -0.2) is 9.13 Å². The zero-order chi connectivity index (χ0) is 17.6. The van der Waals surface area contributed by atoms with Crippen LogP contribution in [-0.2, 0) is 13.1 Å². The number of aromatic nitrogens is 2. The van der Waals surface area contributed by atoms with Crippen LogP contribution in [0.4, 0.5) is 0 Å². The molecule has 4 heteroatoms. The molecule has 2 nitrogen and oxygen atoms in total. The molecule has 0 saturated carbocycles. The molecule has 0 spiro atoms. The lowest BCUT2D eigenvalue weighted by Gasteiger charge is -2.02. The molecule has 4 rings (SSSR count). The molecule has 0 aliphatic heterocycles. The summed E-state index contributed by atoms with van der Waals surface area (Å²) in [5, 5.41) is 0. The van der Waals surface area contributed by atoms with Crippen molar-refractivity contribution in [1.29, 1.82) is 0 Å². The van der Waals surface area contributed by atoms with Crippen LogP contribution in [-0.4, -0.2) is 0 Å². The number of nitrogens with zero attached hydrogens (tertiary/aromatic N) is 2. The quantitative estimate of drug-likeness (QED) is 0.357. The average Bonchev–Trinajstić information content (AvgIpc) is 2.71. The summed E-state index contributed by atoms with van der Waals surface area (Å²) in [6.07, 6.45) is 8.58. The molecule has 0 saturated heterocycles. The molecule has 0 aliphatic rings. The maximum atomic E-state index is 2.21. The van der Waals surface area contributed by atoms with Gasteiger partial charge in [-0.3, -0.25) is 0 Å². The van der Waals surface area contributed by atoms with Crippen molar-refractivity contribution in [1.82, 2.24) is 0 Å². The highest BCUT2D eigenvalue weighted by atomic mass is 19.0. The molecule has 0 N–H and O–H groups in total. The van der Waals surface area contributed by atoms with Crippen molar-refractivity contribution in [3.05, 3.63) is 121 Å². The summed E-state index contributed by atoms with van der Waals surface area (Å²) in [5.41, 5.74) is 5.10. The van der Waals surface area contributed by atoms with Crippen molar-refractivity contribution >= 4 is 0 Å². The second-order valence-corrected chi connectivity index (χ2v) is 6.49. The smallest absolute Gasteiger partial charge is 0.173 e. The van der Waals surface area contributed by atoms with E-state index in [4.69, 9.17) is 0 Å². The lowest BCUT2D eigenvalue weighted by atomic mass is 10.1. The molecule has 2 aromatic heterocycles. The van der Waals surface area contributed by atoms with Crippen molar-refractivity contribution in [2.45, 2.75) is 13.1 Å². The van der Waals surface area contributed by atoms with Crippen LogP contribution in [0.5, 0.6) is 0 Å². The van der Waals surface area contributed by atoms with Crippen LogP contribution in [0, 0.1) is 0 Å². The van der Waals surface area contributed by atoms with Crippen molar-refractivity contribution in [2.75, 3.05) is 0 Å². The SMILES string of the molecule is [F-].[F-].c1ccc(C[n+]2ccc(-c3cc[n+](Cc4ccccc4)cc3)cc2)cc1. The van der Waals surface area contributed by atoms with E-state index in [1.165, 1.54) is 22.3 Å². The lowest BCUT2D eigenvalue weighted by Crippen LogP contribution is -3.00. The van der Waals surface area contributed by atoms with Gasteiger partial charge < -0.3 is 9.41 Å². The molecular formula is C24H22F2N2. The number of rotatable bonds is 5. The predicted octanol–water partition coefficient (Wildman–Crippen LogP) is -1.97. The summed E-state index contributed by atoms with van der Waals surface area (Å²) in [5.74, 6) is 0. The van der Waals surface area contributed by atoms with Gasteiger partial charge >= 0.3 is 0 Å². The highest BCUT2D eigenvalue weighted by molar-refractivity contribution is 5.60. The van der Waals surface area contributed by atoms with Gasteiger partial charge in [0.2, 0.25) is 0 Å². The molecule has 2 aromatic carbocycles. The van der Waals surface area contributed by atoms with Crippen LogP contribution in [0.1, 0.15) is 11.1 Å². The molecule has 0 fully saturated rings. The Labute approximate surface area is 164 Å². The molecular weight excluding hydrogens is 354 g/mol. The zero-order valence-electron chi connectivity index (χ0n) is 15.5. The molecule has 28 heavy (non-hydrogen) atoms. The van der Waals surface area contributed by atoms with E-state index in [-0.39, 0.29) is 9.41 Å². The third-order valence-electron chi connectivity index (χ3n) is 4.53. The Morgan fingerprint density at radius 2 is 0.750 bits per heavy atom. The fourth-order valence-electron chi connectivity index (χ4n) is 3.10. The van der Waals surface area contributed by atoms with Gasteiger partial charge in [0, 0.05) is 35.4 Å². The van der Waals surface area contributed by atoms with Gasteiger partial charge in [0.15, 0.2) is 37.9 Å². The van der Waals surface area contributed by atoms with Crippen molar-refractivity contribution in [2.24, 2.45) is 0 Å². The van der Waals surface area contributed by atoms with Crippen molar-refractivity contribution < 1.29 is 18.5 Å². The number of hydrogen-bond donors (Lipinski definition) is 0. The Bertz CT molecular complexity index is 872. The Morgan fingerprint density at radius 1 is 0.429 bits per heavy atom. The third-order valence-corrected chi connectivity index (χ3v) is 4.53. The Morgan fingerprint density at radius 3 is 1.07 bits per heavy atom. The fourth-order valence-corrected chi connectivity index (χ4v) is 3.10. The van der Waals surface area contributed by atoms with Gasteiger partial charge in [0.05, 0.1) is 0 Å². The average molecular weight is 376 g/mol. The molecule has 0 radical (unpaired) electrons. The molecule has 0 unspecified atom stereocenters. The van der Waals surface area contributed by atoms with E-state index >= 15 is 0 Å². The highest BCUT2D eigenvalue weighted by Gasteiger charge is 2.07. The van der Waals surface area contributed by atoms with Gasteiger partial charge in [-0.05, 0) is 11.1 Å². The van der Waals surface area contributed by atoms with Crippen LogP contribution >= 0.6 is 0 Å². The first-order valence-electron chi connectivity index (χ1n) is 8.93. The Kier molecular flexibility index (Phi) is 7.52. The van der Waals surface area contributed by atoms with Crippen LogP contribution in [0.3, 0.4) is 0 Å². The topological polar surface area (TPSA) is 7.76 Å². The minimum Gasteiger partial charge on any atom is -1.00 e. The van der Waals surface area contributed by atoms with E-state index in [0.717, 1.165) is 13.1 Å². The van der Waals surface area contributed by atoms with Crippen molar-refractivity contribution in [3.8, 4) is 11.1 Å². The molecule has 0 amide bonds. The number of pyridine rings is 2. The van der Waals surface area contributed by atoms with Crippen molar-refractivity contribution in [3.63, 3.8) is 0 Å². The molecule has 0 aliphatic carbocycles. The van der Waals surface area contributed by atoms with E-state index in [1.54, 1.807) is 0 Å². The summed E-state index contributed by atoms with van der Waals surface area (Å²) < 4.78 is 4.41. The first-order valence-corrected chi connectivity index (χ1v) is 8.93. The lowest BCUT2D eigenvalue weighted by molar-refractivity contribution is -0.688. The van der Waals surface area contributed by atoms with E-state index in [1.807, 2.05) is 0 Å². The van der Waals surface area contributed by atoms with Crippen LogP contribution in [0.2, 0.25) is 0 Å². The minimum absolute atomic E-state index is 0. The minimum atomic E-state index is 0. The molecule has 4 aromatic rings. The molecule has 0 bridgehead atoms. The fraction of sp³-hybridized carbons (Fsp3) is 0.0833. The van der Waals surface area contributed by atoms with Gasteiger partial charge in [-0.2, -0.15) is 0 Å². The van der Waals surface area contributed by atoms with E-state index in [9.17, 15) is 0 Å². The standard InChI is InChI=1S/C24H22N2.2FH/c1-3-7-21(8-4-1)19-25-15-11-23(12-16-25)24-13-17-26(18-14-24)20-22-9-5-2-6-10-22;;/h1-18H,19-20H2;2*1H/q+2;;/p-2. The summed E-state index contributed by atoms with van der Waals surface area (Å²) in [4.78, 5) is 0. The largest absolute Gasteiger partial charge is 1.00 e. The second-order valence-electron chi connectivity index (χ2n) is 6.49. The van der Waals surface area contributed by atoms with Crippen LogP contribution in [0.25, 0.3) is 11.1 Å². The van der Waals surface area contributed by atoms with Gasteiger partial charge in [0.25, 0.3) is 0 Å². The first kappa shape index (κ1) is 20.9. The number of hydrogen-bond acceptors (Lipinski definition) is 0. The summed E-state index contributed by atoms with van der Waals surface area (Å²) in [6, 6.07) is 29.8. The summed E-state index contributed by atoms with van der Waals surface area (Å²) in [6.45, 7) is 1.79. The molecule has 142 valence electrons. The number of benzene rings is 2. The Balaban J connectivity index is 0.00000140. The predicted molar refractivity (Wildman–Crippen MR) is 103 cm³/mol. The van der Waals surface area contributed by atoms with Gasteiger partial charge in [-0.15, -0.1) is 0 Å². The number of halogens is 2.